The molecule has 4 aromatic rings. The maximum atomic E-state index is 4.51. The van der Waals surface area contributed by atoms with Gasteiger partial charge in [-0.15, -0.1) is 0 Å². The SMILES string of the molecule is c1ccc(-c2ccnc(-c3cc(-c4ccccc4)ccn3)c2)cc1. The summed E-state index contributed by atoms with van der Waals surface area (Å²) < 4.78 is 0. The Balaban J connectivity index is 1.75. The molecule has 24 heavy (non-hydrogen) atoms. The lowest BCUT2D eigenvalue weighted by Gasteiger charge is -2.07. The van der Waals surface area contributed by atoms with Crippen molar-refractivity contribution in [3.8, 4) is 33.6 Å². The van der Waals surface area contributed by atoms with Crippen molar-refractivity contribution in [3.05, 3.63) is 97.3 Å². The van der Waals surface area contributed by atoms with Gasteiger partial charge in [-0.1, -0.05) is 60.7 Å². The summed E-state index contributed by atoms with van der Waals surface area (Å²) in [6.07, 6.45) is 3.68. The molecule has 0 N–H and O–H groups in total. The topological polar surface area (TPSA) is 25.8 Å². The molecule has 2 aromatic heterocycles. The minimum Gasteiger partial charge on any atom is -0.255 e. The van der Waals surface area contributed by atoms with Crippen molar-refractivity contribution in [1.29, 1.82) is 0 Å². The van der Waals surface area contributed by atoms with Crippen LogP contribution in [0.4, 0.5) is 0 Å². The molecule has 0 aliphatic carbocycles. The van der Waals surface area contributed by atoms with Crippen LogP contribution in [0, 0.1) is 0 Å². The van der Waals surface area contributed by atoms with E-state index in [1.54, 1.807) is 0 Å². The molecule has 2 heterocycles. The highest BCUT2D eigenvalue weighted by Gasteiger charge is 2.06. The zero-order valence-corrected chi connectivity index (χ0v) is 13.1. The van der Waals surface area contributed by atoms with Crippen LogP contribution in [0.3, 0.4) is 0 Å². The molecule has 0 saturated carbocycles. The van der Waals surface area contributed by atoms with E-state index in [1.807, 2.05) is 60.9 Å². The Hall–Kier alpha value is -3.26. The van der Waals surface area contributed by atoms with E-state index < -0.39 is 0 Å². The van der Waals surface area contributed by atoms with Crippen molar-refractivity contribution in [2.45, 2.75) is 0 Å². The van der Waals surface area contributed by atoms with Gasteiger partial charge in [0.15, 0.2) is 0 Å². The van der Waals surface area contributed by atoms with Gasteiger partial charge >= 0.3 is 0 Å². The van der Waals surface area contributed by atoms with Crippen LogP contribution in [0.2, 0.25) is 0 Å². The smallest absolute Gasteiger partial charge is 0.0892 e. The zero-order chi connectivity index (χ0) is 16.2. The van der Waals surface area contributed by atoms with E-state index in [2.05, 4.69) is 46.4 Å². The first kappa shape index (κ1) is 14.3. The summed E-state index contributed by atoms with van der Waals surface area (Å²) in [5.41, 5.74) is 6.42. The third-order valence-corrected chi connectivity index (χ3v) is 4.00. The van der Waals surface area contributed by atoms with Crippen molar-refractivity contribution in [1.82, 2.24) is 9.97 Å². The summed E-state index contributed by atoms with van der Waals surface area (Å²) in [5, 5.41) is 0. The fraction of sp³-hybridized carbons (Fsp3) is 0. The first-order valence-electron chi connectivity index (χ1n) is 7.93. The van der Waals surface area contributed by atoms with Crippen LogP contribution in [-0.2, 0) is 0 Å². The van der Waals surface area contributed by atoms with Gasteiger partial charge in [-0.25, -0.2) is 0 Å². The molecule has 0 spiro atoms. The van der Waals surface area contributed by atoms with Crippen LogP contribution >= 0.6 is 0 Å². The quantitative estimate of drug-likeness (QED) is 0.501. The number of hydrogen-bond acceptors (Lipinski definition) is 2. The summed E-state index contributed by atoms with van der Waals surface area (Å²) in [5.74, 6) is 0. The maximum Gasteiger partial charge on any atom is 0.0892 e. The molecule has 114 valence electrons. The molecule has 2 heteroatoms. The minimum absolute atomic E-state index is 0.883. The Morgan fingerprint density at radius 2 is 0.833 bits per heavy atom. The molecule has 0 saturated heterocycles. The monoisotopic (exact) mass is 308 g/mol. The maximum absolute atomic E-state index is 4.51. The summed E-state index contributed by atoms with van der Waals surface area (Å²) in [6.45, 7) is 0. The number of rotatable bonds is 3. The predicted molar refractivity (Wildman–Crippen MR) is 98.3 cm³/mol. The first-order valence-corrected chi connectivity index (χ1v) is 7.93. The number of pyridine rings is 2. The standard InChI is InChI=1S/C22H16N2/c1-3-7-17(8-4-1)19-11-13-23-21(15-19)22-16-20(12-14-24-22)18-9-5-2-6-10-18/h1-16H. The Kier molecular flexibility index (Phi) is 3.86. The van der Waals surface area contributed by atoms with Crippen molar-refractivity contribution in [3.63, 3.8) is 0 Å². The van der Waals surface area contributed by atoms with Crippen molar-refractivity contribution in [2.75, 3.05) is 0 Å². The lowest BCUT2D eigenvalue weighted by Crippen LogP contribution is -1.89. The highest BCUT2D eigenvalue weighted by atomic mass is 14.8. The Morgan fingerprint density at radius 1 is 0.417 bits per heavy atom. The molecule has 0 fully saturated rings. The van der Waals surface area contributed by atoms with Gasteiger partial charge in [0.25, 0.3) is 0 Å². The van der Waals surface area contributed by atoms with Gasteiger partial charge < -0.3 is 0 Å². The molecule has 0 radical (unpaired) electrons. The van der Waals surface area contributed by atoms with E-state index in [9.17, 15) is 0 Å². The van der Waals surface area contributed by atoms with Crippen molar-refractivity contribution < 1.29 is 0 Å². The summed E-state index contributed by atoms with van der Waals surface area (Å²) in [4.78, 5) is 9.01. The van der Waals surface area contributed by atoms with Gasteiger partial charge in [0.05, 0.1) is 11.4 Å². The number of aromatic nitrogens is 2. The number of hydrogen-bond donors (Lipinski definition) is 0. The summed E-state index contributed by atoms with van der Waals surface area (Å²) >= 11 is 0. The van der Waals surface area contributed by atoms with Crippen LogP contribution in [0.25, 0.3) is 33.6 Å². The van der Waals surface area contributed by atoms with Crippen molar-refractivity contribution >= 4 is 0 Å². The Bertz CT molecular complexity index is 867. The van der Waals surface area contributed by atoms with Gasteiger partial charge in [0.1, 0.15) is 0 Å². The fourth-order valence-electron chi connectivity index (χ4n) is 2.76. The molecule has 0 bridgehead atoms. The van der Waals surface area contributed by atoms with E-state index in [4.69, 9.17) is 0 Å². The summed E-state index contributed by atoms with van der Waals surface area (Å²) in [7, 11) is 0. The average molecular weight is 308 g/mol. The number of benzene rings is 2. The molecule has 0 atom stereocenters. The Labute approximate surface area is 141 Å². The fourth-order valence-corrected chi connectivity index (χ4v) is 2.76. The van der Waals surface area contributed by atoms with Gasteiger partial charge in [0.2, 0.25) is 0 Å². The van der Waals surface area contributed by atoms with E-state index in [1.165, 1.54) is 11.1 Å². The van der Waals surface area contributed by atoms with E-state index in [0.29, 0.717) is 0 Å². The second kappa shape index (κ2) is 6.47. The lowest BCUT2D eigenvalue weighted by molar-refractivity contribution is 1.25. The minimum atomic E-state index is 0.883. The van der Waals surface area contributed by atoms with E-state index in [-0.39, 0.29) is 0 Å². The van der Waals surface area contributed by atoms with Gasteiger partial charge in [-0.05, 0) is 46.5 Å². The molecular weight excluding hydrogens is 292 g/mol. The van der Waals surface area contributed by atoms with Gasteiger partial charge in [-0.3, -0.25) is 9.97 Å². The average Bonchev–Trinajstić information content (AvgIpc) is 2.70. The third-order valence-electron chi connectivity index (χ3n) is 4.00. The van der Waals surface area contributed by atoms with Crippen LogP contribution in [0.15, 0.2) is 97.3 Å². The van der Waals surface area contributed by atoms with Gasteiger partial charge in [-0.2, -0.15) is 0 Å². The summed E-state index contributed by atoms with van der Waals surface area (Å²) in [6, 6.07) is 28.9. The van der Waals surface area contributed by atoms with Crippen LogP contribution in [0.1, 0.15) is 0 Å². The predicted octanol–water partition coefficient (Wildman–Crippen LogP) is 5.48. The second-order valence-corrected chi connectivity index (χ2v) is 5.59. The molecule has 2 nitrogen and oxygen atoms in total. The molecule has 0 aliphatic heterocycles. The Morgan fingerprint density at radius 3 is 1.25 bits per heavy atom. The molecule has 0 aliphatic rings. The first-order chi connectivity index (χ1) is 11.9. The molecule has 4 rings (SSSR count). The molecule has 0 amide bonds. The normalized spacial score (nSPS) is 10.5. The second-order valence-electron chi connectivity index (χ2n) is 5.59. The largest absolute Gasteiger partial charge is 0.255 e. The number of nitrogens with zero attached hydrogens (tertiary/aromatic N) is 2. The third kappa shape index (κ3) is 2.95. The van der Waals surface area contributed by atoms with Crippen LogP contribution in [-0.4, -0.2) is 9.97 Å². The molecular formula is C22H16N2. The van der Waals surface area contributed by atoms with E-state index >= 15 is 0 Å². The zero-order valence-electron chi connectivity index (χ0n) is 13.1. The van der Waals surface area contributed by atoms with Crippen molar-refractivity contribution in [2.24, 2.45) is 0 Å². The highest BCUT2D eigenvalue weighted by Crippen LogP contribution is 2.26. The van der Waals surface area contributed by atoms with Crippen LogP contribution < -0.4 is 0 Å². The van der Waals surface area contributed by atoms with Gasteiger partial charge in [0, 0.05) is 12.4 Å². The van der Waals surface area contributed by atoms with Crippen LogP contribution in [0.5, 0.6) is 0 Å². The highest BCUT2D eigenvalue weighted by molar-refractivity contribution is 5.72. The molecule has 0 unspecified atom stereocenters. The molecule has 2 aromatic carbocycles. The van der Waals surface area contributed by atoms with E-state index in [0.717, 1.165) is 22.5 Å². The lowest BCUT2D eigenvalue weighted by atomic mass is 10.0.